The molecule has 4 nitrogen and oxygen atoms in total. The Labute approximate surface area is 134 Å². The number of carbonyl (C=O) groups excluding carboxylic acids is 1. The number of benzene rings is 1. The van der Waals surface area contributed by atoms with Crippen LogP contribution in [-0.4, -0.2) is 24.1 Å². The van der Waals surface area contributed by atoms with Crippen LogP contribution in [0.3, 0.4) is 0 Å². The number of nitrogens with zero attached hydrogens (tertiary/aromatic N) is 1. The number of thiazole rings is 1. The molecule has 0 unspecified atom stereocenters. The summed E-state index contributed by atoms with van der Waals surface area (Å²) in [5, 5.41) is 3.98. The predicted molar refractivity (Wildman–Crippen MR) is 88.3 cm³/mol. The lowest BCUT2D eigenvalue weighted by Gasteiger charge is -2.36. The molecule has 3 rings (SSSR count). The Bertz CT molecular complexity index is 633. The third-order valence-electron chi connectivity index (χ3n) is 4.31. The van der Waals surface area contributed by atoms with Gasteiger partial charge in [-0.2, -0.15) is 0 Å². The van der Waals surface area contributed by atoms with E-state index >= 15 is 0 Å². The summed E-state index contributed by atoms with van der Waals surface area (Å²) in [5.74, 6) is 0.0564. The molecular weight excluding hydrogens is 296 g/mol. The number of hydrogen-bond acceptors (Lipinski definition) is 4. The van der Waals surface area contributed by atoms with Crippen LogP contribution in [0.4, 0.5) is 5.00 Å². The number of aryl methyl sites for hydroxylation is 1. The highest BCUT2D eigenvalue weighted by molar-refractivity contribution is 7.14. The highest BCUT2D eigenvalue weighted by atomic mass is 32.1. The Morgan fingerprint density at radius 3 is 2.73 bits per heavy atom. The summed E-state index contributed by atoms with van der Waals surface area (Å²) in [7, 11) is 0. The van der Waals surface area contributed by atoms with Crippen LogP contribution in [0.2, 0.25) is 0 Å². The molecule has 5 heteroatoms. The molecular formula is C17H20N2O2S. The Morgan fingerprint density at radius 1 is 1.32 bits per heavy atom. The minimum Gasteiger partial charge on any atom is -0.381 e. The van der Waals surface area contributed by atoms with Gasteiger partial charge in [0.15, 0.2) is 0 Å². The average molecular weight is 316 g/mol. The molecule has 2 heterocycles. The summed E-state index contributed by atoms with van der Waals surface area (Å²) in [6.07, 6.45) is 2.24. The first kappa shape index (κ1) is 15.2. The van der Waals surface area contributed by atoms with Crippen LogP contribution >= 0.6 is 11.3 Å². The lowest BCUT2D eigenvalue weighted by molar-refractivity contribution is -0.125. The van der Waals surface area contributed by atoms with E-state index < -0.39 is 5.41 Å². The zero-order valence-corrected chi connectivity index (χ0v) is 13.5. The second-order valence-corrected chi connectivity index (χ2v) is 6.35. The molecule has 1 fully saturated rings. The highest BCUT2D eigenvalue weighted by Crippen LogP contribution is 2.36. The van der Waals surface area contributed by atoms with Crippen molar-refractivity contribution in [1.82, 2.24) is 4.98 Å². The maximum atomic E-state index is 13.1. The normalized spacial score (nSPS) is 17.1. The Hall–Kier alpha value is -1.72. The van der Waals surface area contributed by atoms with E-state index in [9.17, 15) is 4.79 Å². The number of anilines is 1. The van der Waals surface area contributed by atoms with Crippen LogP contribution in [0.25, 0.3) is 0 Å². The van der Waals surface area contributed by atoms with Gasteiger partial charge in [0.25, 0.3) is 0 Å². The van der Waals surface area contributed by atoms with Crippen molar-refractivity contribution < 1.29 is 9.53 Å². The molecule has 0 saturated carbocycles. The zero-order valence-electron chi connectivity index (χ0n) is 12.7. The van der Waals surface area contributed by atoms with Crippen LogP contribution in [0.15, 0.2) is 35.8 Å². The zero-order chi connectivity index (χ0) is 15.4. The van der Waals surface area contributed by atoms with Crippen LogP contribution in [0.5, 0.6) is 0 Å². The minimum absolute atomic E-state index is 0.0564. The van der Waals surface area contributed by atoms with Gasteiger partial charge in [0, 0.05) is 13.2 Å². The summed E-state index contributed by atoms with van der Waals surface area (Å²) < 4.78 is 5.49. The van der Waals surface area contributed by atoms with Crippen molar-refractivity contribution in [2.45, 2.75) is 31.6 Å². The van der Waals surface area contributed by atoms with Gasteiger partial charge in [0.1, 0.15) is 5.00 Å². The third-order valence-corrected chi connectivity index (χ3v) is 5.09. The lowest BCUT2D eigenvalue weighted by Crippen LogP contribution is -2.44. The van der Waals surface area contributed by atoms with E-state index in [0.29, 0.717) is 26.1 Å². The molecule has 0 bridgehead atoms. The van der Waals surface area contributed by atoms with Gasteiger partial charge < -0.3 is 10.1 Å². The molecule has 0 atom stereocenters. The van der Waals surface area contributed by atoms with Gasteiger partial charge in [0.2, 0.25) is 5.91 Å². The number of hydrogen-bond donors (Lipinski definition) is 1. The van der Waals surface area contributed by atoms with Crippen LogP contribution in [0, 0.1) is 0 Å². The van der Waals surface area contributed by atoms with E-state index in [0.717, 1.165) is 22.7 Å². The fraction of sp³-hybridized carbons (Fsp3) is 0.412. The largest absolute Gasteiger partial charge is 0.381 e. The summed E-state index contributed by atoms with van der Waals surface area (Å²) >= 11 is 1.49. The summed E-state index contributed by atoms with van der Waals surface area (Å²) in [5.41, 5.74) is 3.30. The molecule has 1 aromatic carbocycles. The van der Waals surface area contributed by atoms with Crippen molar-refractivity contribution in [3.8, 4) is 0 Å². The summed E-state index contributed by atoms with van der Waals surface area (Å²) in [6, 6.07) is 10.0. The molecule has 2 aromatic rings. The standard InChI is InChI=1S/C17H20N2O2S/c1-2-14-15(22-12-18-14)19-16(20)17(8-10-21-11-9-17)13-6-4-3-5-7-13/h3-7,12H,2,8-11H2,1H3,(H,19,20). The van der Waals surface area contributed by atoms with E-state index in [1.54, 1.807) is 5.51 Å². The number of amides is 1. The molecule has 22 heavy (non-hydrogen) atoms. The second-order valence-electron chi connectivity index (χ2n) is 5.50. The van der Waals surface area contributed by atoms with Gasteiger partial charge in [-0.25, -0.2) is 4.98 Å². The van der Waals surface area contributed by atoms with Crippen molar-refractivity contribution >= 4 is 22.2 Å². The number of aromatic nitrogens is 1. The second kappa shape index (κ2) is 6.58. The van der Waals surface area contributed by atoms with Crippen LogP contribution in [0.1, 0.15) is 31.0 Å². The van der Waals surface area contributed by atoms with E-state index in [-0.39, 0.29) is 5.91 Å². The monoisotopic (exact) mass is 316 g/mol. The van der Waals surface area contributed by atoms with Crippen molar-refractivity contribution in [3.05, 3.63) is 47.1 Å². The van der Waals surface area contributed by atoms with E-state index in [1.807, 2.05) is 37.3 Å². The Morgan fingerprint density at radius 2 is 2.05 bits per heavy atom. The van der Waals surface area contributed by atoms with Crippen molar-refractivity contribution in [3.63, 3.8) is 0 Å². The number of carbonyl (C=O) groups is 1. The molecule has 116 valence electrons. The molecule has 1 aromatic heterocycles. The molecule has 1 N–H and O–H groups in total. The fourth-order valence-electron chi connectivity index (χ4n) is 2.97. The molecule has 1 saturated heterocycles. The summed E-state index contributed by atoms with van der Waals surface area (Å²) in [6.45, 7) is 3.28. The molecule has 1 amide bonds. The molecule has 0 spiro atoms. The fourth-order valence-corrected chi connectivity index (χ4v) is 3.74. The van der Waals surface area contributed by atoms with Gasteiger partial charge in [-0.3, -0.25) is 4.79 Å². The lowest BCUT2D eigenvalue weighted by atomic mass is 9.73. The first-order valence-electron chi connectivity index (χ1n) is 7.63. The van der Waals surface area contributed by atoms with E-state index in [1.165, 1.54) is 11.3 Å². The Balaban J connectivity index is 1.91. The smallest absolute Gasteiger partial charge is 0.235 e. The molecule has 1 aliphatic heterocycles. The van der Waals surface area contributed by atoms with Crippen LogP contribution < -0.4 is 5.32 Å². The SMILES string of the molecule is CCc1ncsc1NC(=O)C1(c2ccccc2)CCOCC1. The minimum atomic E-state index is -0.505. The first-order chi connectivity index (χ1) is 10.8. The van der Waals surface area contributed by atoms with Gasteiger partial charge >= 0.3 is 0 Å². The van der Waals surface area contributed by atoms with E-state index in [2.05, 4.69) is 10.3 Å². The van der Waals surface area contributed by atoms with Crippen LogP contribution in [-0.2, 0) is 21.4 Å². The van der Waals surface area contributed by atoms with Crippen molar-refractivity contribution in [2.24, 2.45) is 0 Å². The van der Waals surface area contributed by atoms with Gasteiger partial charge in [0.05, 0.1) is 16.6 Å². The average Bonchev–Trinajstić information content (AvgIpc) is 3.03. The highest BCUT2D eigenvalue weighted by Gasteiger charge is 2.41. The topological polar surface area (TPSA) is 51.2 Å². The van der Waals surface area contributed by atoms with E-state index in [4.69, 9.17) is 4.74 Å². The number of ether oxygens (including phenoxy) is 1. The molecule has 0 aliphatic carbocycles. The first-order valence-corrected chi connectivity index (χ1v) is 8.51. The predicted octanol–water partition coefficient (Wildman–Crippen LogP) is 3.39. The molecule has 1 aliphatic rings. The third kappa shape index (κ3) is 2.78. The summed E-state index contributed by atoms with van der Waals surface area (Å²) in [4.78, 5) is 17.4. The van der Waals surface area contributed by atoms with Gasteiger partial charge in [-0.1, -0.05) is 37.3 Å². The number of rotatable bonds is 4. The van der Waals surface area contributed by atoms with Crippen molar-refractivity contribution in [1.29, 1.82) is 0 Å². The van der Waals surface area contributed by atoms with Gasteiger partial charge in [-0.05, 0) is 24.8 Å². The number of nitrogens with one attached hydrogen (secondary N) is 1. The maximum Gasteiger partial charge on any atom is 0.235 e. The van der Waals surface area contributed by atoms with Crippen molar-refractivity contribution in [2.75, 3.05) is 18.5 Å². The maximum absolute atomic E-state index is 13.1. The van der Waals surface area contributed by atoms with Gasteiger partial charge in [-0.15, -0.1) is 11.3 Å². The Kier molecular flexibility index (Phi) is 4.55. The molecule has 0 radical (unpaired) electrons. The quantitative estimate of drug-likeness (QED) is 0.940.